The summed E-state index contributed by atoms with van der Waals surface area (Å²) in [5, 5.41) is 11.9. The number of nitrogens with zero attached hydrogens (tertiary/aromatic N) is 4. The lowest BCUT2D eigenvalue weighted by atomic mass is 10.2. The van der Waals surface area contributed by atoms with Crippen molar-refractivity contribution in [1.82, 2.24) is 24.9 Å². The Bertz CT molecular complexity index is 903. The van der Waals surface area contributed by atoms with E-state index in [1.54, 1.807) is 29.2 Å². The molecule has 0 aliphatic carbocycles. The Hall–Kier alpha value is -2.80. The molecule has 2 aromatic heterocycles. The minimum absolute atomic E-state index is 0.207. The fourth-order valence-corrected chi connectivity index (χ4v) is 2.64. The summed E-state index contributed by atoms with van der Waals surface area (Å²) in [5.74, 6) is 0.486. The van der Waals surface area contributed by atoms with Crippen LogP contribution in [0.5, 0.6) is 5.75 Å². The molecule has 0 spiro atoms. The number of carbonyl (C=O) groups excluding carboxylic acids is 1. The summed E-state index contributed by atoms with van der Waals surface area (Å²) in [4.78, 5) is 12.2. The van der Waals surface area contributed by atoms with Gasteiger partial charge in [-0.05, 0) is 43.7 Å². The molecule has 0 aliphatic heterocycles. The molecule has 0 aliphatic rings. The quantitative estimate of drug-likeness (QED) is 0.690. The highest BCUT2D eigenvalue weighted by Gasteiger charge is 2.10. The summed E-state index contributed by atoms with van der Waals surface area (Å²) < 4.78 is 9.09. The predicted molar refractivity (Wildman–Crippen MR) is 98.1 cm³/mol. The van der Waals surface area contributed by atoms with Gasteiger partial charge in [0.2, 0.25) is 0 Å². The highest BCUT2D eigenvalue weighted by molar-refractivity contribution is 6.30. The van der Waals surface area contributed by atoms with Crippen LogP contribution in [0.3, 0.4) is 0 Å². The Labute approximate surface area is 156 Å². The predicted octanol–water partition coefficient (Wildman–Crippen LogP) is 3.03. The van der Waals surface area contributed by atoms with Gasteiger partial charge < -0.3 is 10.1 Å². The number of carbonyl (C=O) groups is 1. The van der Waals surface area contributed by atoms with Crippen LogP contribution < -0.4 is 10.1 Å². The number of halogens is 1. The van der Waals surface area contributed by atoms with Crippen molar-refractivity contribution in [3.8, 4) is 5.75 Å². The number of hydrogen-bond donors (Lipinski definition) is 1. The van der Waals surface area contributed by atoms with E-state index < -0.39 is 0 Å². The Balaban J connectivity index is 1.54. The summed E-state index contributed by atoms with van der Waals surface area (Å²) >= 11 is 5.93. The van der Waals surface area contributed by atoms with Crippen LogP contribution in [-0.4, -0.2) is 25.5 Å². The summed E-state index contributed by atoms with van der Waals surface area (Å²) in [6.45, 7) is 5.34. The van der Waals surface area contributed by atoms with E-state index >= 15 is 0 Å². The molecule has 8 heteroatoms. The maximum absolute atomic E-state index is 12.2. The third kappa shape index (κ3) is 4.43. The Kier molecular flexibility index (Phi) is 5.58. The lowest BCUT2D eigenvalue weighted by Crippen LogP contribution is -2.23. The first kappa shape index (κ1) is 18.0. The van der Waals surface area contributed by atoms with E-state index in [2.05, 4.69) is 15.5 Å². The van der Waals surface area contributed by atoms with Crippen molar-refractivity contribution >= 4 is 17.5 Å². The zero-order valence-corrected chi connectivity index (χ0v) is 15.4. The van der Waals surface area contributed by atoms with Crippen LogP contribution in [0.4, 0.5) is 0 Å². The first-order chi connectivity index (χ1) is 12.5. The molecule has 0 unspecified atom stereocenters. The van der Waals surface area contributed by atoms with Crippen LogP contribution in [0.1, 0.15) is 28.5 Å². The first-order valence-electron chi connectivity index (χ1n) is 8.27. The topological polar surface area (TPSA) is 74.0 Å². The number of hydrogen-bond acceptors (Lipinski definition) is 4. The summed E-state index contributed by atoms with van der Waals surface area (Å²) in [6, 6.07) is 7.07. The van der Waals surface area contributed by atoms with Gasteiger partial charge in [-0.25, -0.2) is 4.68 Å². The van der Waals surface area contributed by atoms with E-state index in [4.69, 9.17) is 16.3 Å². The normalized spacial score (nSPS) is 10.7. The van der Waals surface area contributed by atoms with E-state index in [9.17, 15) is 4.79 Å². The molecule has 1 aromatic carbocycles. The van der Waals surface area contributed by atoms with Crippen molar-refractivity contribution in [2.24, 2.45) is 0 Å². The lowest BCUT2D eigenvalue weighted by Gasteiger charge is -2.09. The van der Waals surface area contributed by atoms with Gasteiger partial charge in [-0.3, -0.25) is 9.48 Å². The largest absolute Gasteiger partial charge is 0.471 e. The number of amides is 1. The van der Waals surface area contributed by atoms with Gasteiger partial charge in [-0.1, -0.05) is 11.6 Å². The summed E-state index contributed by atoms with van der Waals surface area (Å²) in [7, 11) is 0. The fourth-order valence-electron chi connectivity index (χ4n) is 2.41. The second kappa shape index (κ2) is 8.05. The fraction of sp³-hybridized carbons (Fsp3) is 0.278. The average Bonchev–Trinajstić information content (AvgIpc) is 3.28. The number of benzene rings is 1. The summed E-state index contributed by atoms with van der Waals surface area (Å²) in [5.41, 5.74) is 2.22. The Morgan fingerprint density at radius 3 is 2.88 bits per heavy atom. The highest BCUT2D eigenvalue weighted by atomic mass is 35.5. The number of rotatable bonds is 7. The van der Waals surface area contributed by atoms with Gasteiger partial charge in [0.05, 0.1) is 6.20 Å². The molecule has 0 atom stereocenters. The number of aryl methyl sites for hydroxylation is 2. The van der Waals surface area contributed by atoms with Crippen molar-refractivity contribution in [2.75, 3.05) is 0 Å². The van der Waals surface area contributed by atoms with Gasteiger partial charge in [0, 0.05) is 36.1 Å². The van der Waals surface area contributed by atoms with Gasteiger partial charge in [-0.2, -0.15) is 10.2 Å². The molecule has 1 amide bonds. The molecule has 3 rings (SSSR count). The van der Waals surface area contributed by atoms with Crippen molar-refractivity contribution < 1.29 is 9.53 Å². The van der Waals surface area contributed by atoms with E-state index in [0.29, 0.717) is 17.3 Å². The van der Waals surface area contributed by atoms with Gasteiger partial charge in [0.15, 0.2) is 6.73 Å². The van der Waals surface area contributed by atoms with Crippen LogP contribution in [-0.2, 0) is 19.8 Å². The van der Waals surface area contributed by atoms with Gasteiger partial charge in [0.25, 0.3) is 5.91 Å². The van der Waals surface area contributed by atoms with Crippen LogP contribution in [0, 0.1) is 6.92 Å². The summed E-state index contributed by atoms with van der Waals surface area (Å²) in [6.07, 6.45) is 5.35. The monoisotopic (exact) mass is 373 g/mol. The van der Waals surface area contributed by atoms with E-state index in [-0.39, 0.29) is 12.6 Å². The standard InChI is InChI=1S/C18H20ClN5O2/c1-3-23-11-14(10-21-23)9-20-18(25)16-6-7-24(22-16)12-26-17-5-4-15(19)8-13(17)2/h4-8,10-11H,3,9,12H2,1-2H3,(H,20,25). The molecule has 0 fully saturated rings. The Morgan fingerprint density at radius 2 is 2.15 bits per heavy atom. The molecule has 3 aromatic rings. The van der Waals surface area contributed by atoms with Crippen molar-refractivity contribution in [3.05, 3.63) is 64.7 Å². The lowest BCUT2D eigenvalue weighted by molar-refractivity contribution is 0.0944. The zero-order valence-electron chi connectivity index (χ0n) is 14.6. The van der Waals surface area contributed by atoms with E-state index in [1.165, 1.54) is 0 Å². The maximum atomic E-state index is 12.2. The van der Waals surface area contributed by atoms with Gasteiger partial charge in [-0.15, -0.1) is 0 Å². The SMILES string of the molecule is CCn1cc(CNC(=O)c2ccn(COc3ccc(Cl)cc3C)n2)cn1. The molecule has 26 heavy (non-hydrogen) atoms. The molecule has 1 N–H and O–H groups in total. The Morgan fingerprint density at radius 1 is 1.31 bits per heavy atom. The molecule has 2 heterocycles. The molecule has 7 nitrogen and oxygen atoms in total. The van der Waals surface area contributed by atoms with Gasteiger partial charge in [0.1, 0.15) is 11.4 Å². The first-order valence-corrected chi connectivity index (χ1v) is 8.65. The van der Waals surface area contributed by atoms with Crippen LogP contribution >= 0.6 is 11.6 Å². The van der Waals surface area contributed by atoms with Crippen LogP contribution in [0.25, 0.3) is 0 Å². The van der Waals surface area contributed by atoms with Crippen molar-refractivity contribution in [2.45, 2.75) is 33.7 Å². The van der Waals surface area contributed by atoms with Gasteiger partial charge >= 0.3 is 0 Å². The molecular formula is C18H20ClN5O2. The second-order valence-corrected chi connectivity index (χ2v) is 6.25. The number of nitrogens with one attached hydrogen (secondary N) is 1. The number of aromatic nitrogens is 4. The minimum atomic E-state index is -0.240. The van der Waals surface area contributed by atoms with Crippen molar-refractivity contribution in [3.63, 3.8) is 0 Å². The van der Waals surface area contributed by atoms with Crippen molar-refractivity contribution in [1.29, 1.82) is 0 Å². The average molecular weight is 374 g/mol. The number of ether oxygens (including phenoxy) is 1. The third-order valence-electron chi connectivity index (χ3n) is 3.83. The van der Waals surface area contributed by atoms with E-state index in [0.717, 1.165) is 23.4 Å². The highest BCUT2D eigenvalue weighted by Crippen LogP contribution is 2.22. The second-order valence-electron chi connectivity index (χ2n) is 5.81. The molecular weight excluding hydrogens is 354 g/mol. The maximum Gasteiger partial charge on any atom is 0.272 e. The molecule has 0 saturated heterocycles. The zero-order chi connectivity index (χ0) is 18.5. The minimum Gasteiger partial charge on any atom is -0.471 e. The molecule has 136 valence electrons. The third-order valence-corrected chi connectivity index (χ3v) is 4.06. The molecule has 0 bridgehead atoms. The molecule has 0 radical (unpaired) electrons. The van der Waals surface area contributed by atoms with Crippen LogP contribution in [0.2, 0.25) is 5.02 Å². The van der Waals surface area contributed by atoms with E-state index in [1.807, 2.05) is 36.9 Å². The molecule has 0 saturated carbocycles. The smallest absolute Gasteiger partial charge is 0.272 e. The van der Waals surface area contributed by atoms with Crippen LogP contribution in [0.15, 0.2) is 42.9 Å².